The summed E-state index contributed by atoms with van der Waals surface area (Å²) in [5, 5.41) is 3.04. The van der Waals surface area contributed by atoms with Crippen LogP contribution in [-0.4, -0.2) is 5.91 Å². The molecule has 1 amide bonds. The molecule has 0 fully saturated rings. The van der Waals surface area contributed by atoms with E-state index in [4.69, 9.17) is 0 Å². The van der Waals surface area contributed by atoms with E-state index < -0.39 is 0 Å². The summed E-state index contributed by atoms with van der Waals surface area (Å²) in [4.78, 5) is 12.3. The summed E-state index contributed by atoms with van der Waals surface area (Å²) in [5.41, 5.74) is 2.83. The van der Waals surface area contributed by atoms with E-state index in [0.29, 0.717) is 5.56 Å². The molecule has 116 valence electrons. The highest BCUT2D eigenvalue weighted by molar-refractivity contribution is 5.94. The van der Waals surface area contributed by atoms with Crippen LogP contribution >= 0.6 is 0 Å². The van der Waals surface area contributed by atoms with Crippen LogP contribution in [-0.2, 0) is 6.42 Å². The van der Waals surface area contributed by atoms with E-state index >= 15 is 0 Å². The van der Waals surface area contributed by atoms with Gasteiger partial charge in [-0.1, -0.05) is 45.0 Å². The number of carbonyl (C=O) groups is 1. The van der Waals surface area contributed by atoms with Crippen molar-refractivity contribution in [3.8, 4) is 0 Å². The van der Waals surface area contributed by atoms with Crippen molar-refractivity contribution in [1.29, 1.82) is 0 Å². The molecule has 2 nitrogen and oxygen atoms in total. The molecule has 0 aromatic heterocycles. The smallest absolute Gasteiger partial charge is 0.251 e. The number of amides is 1. The van der Waals surface area contributed by atoms with E-state index in [1.165, 1.54) is 29.8 Å². The standard InChI is InChI=1S/C19H22FNO/c1-4-14-5-7-15(8-6-14)18(13(2)3)21-19(22)16-9-11-17(20)12-10-16/h5-13,18H,4H2,1-3H3,(H,21,22)/t18-/m0/s1. The summed E-state index contributed by atoms with van der Waals surface area (Å²) in [7, 11) is 0. The summed E-state index contributed by atoms with van der Waals surface area (Å²) < 4.78 is 12.9. The molecule has 2 rings (SSSR count). The minimum absolute atomic E-state index is 0.0662. The zero-order chi connectivity index (χ0) is 16.1. The molecule has 0 saturated heterocycles. The van der Waals surface area contributed by atoms with Crippen LogP contribution in [0.1, 0.15) is 48.3 Å². The number of hydrogen-bond donors (Lipinski definition) is 1. The molecule has 0 aliphatic heterocycles. The highest BCUT2D eigenvalue weighted by Gasteiger charge is 2.19. The van der Waals surface area contributed by atoms with Gasteiger partial charge in [0.2, 0.25) is 0 Å². The number of aryl methyl sites for hydroxylation is 1. The lowest BCUT2D eigenvalue weighted by atomic mass is 9.94. The highest BCUT2D eigenvalue weighted by Crippen LogP contribution is 2.23. The fourth-order valence-corrected chi connectivity index (χ4v) is 2.42. The Bertz CT molecular complexity index is 617. The second-order valence-corrected chi connectivity index (χ2v) is 5.80. The predicted octanol–water partition coefficient (Wildman–Crippen LogP) is 4.52. The van der Waals surface area contributed by atoms with E-state index in [1.807, 2.05) is 0 Å². The van der Waals surface area contributed by atoms with Crippen molar-refractivity contribution in [3.05, 3.63) is 71.0 Å². The third-order valence-electron chi connectivity index (χ3n) is 3.81. The Hall–Kier alpha value is -2.16. The average molecular weight is 299 g/mol. The summed E-state index contributed by atoms with van der Waals surface area (Å²) in [6.45, 7) is 6.26. The van der Waals surface area contributed by atoms with Gasteiger partial charge in [-0.3, -0.25) is 4.79 Å². The second-order valence-electron chi connectivity index (χ2n) is 5.80. The van der Waals surface area contributed by atoms with E-state index in [9.17, 15) is 9.18 Å². The number of benzene rings is 2. The molecule has 0 spiro atoms. The Morgan fingerprint density at radius 1 is 1.05 bits per heavy atom. The Labute approximate surface area is 131 Å². The molecule has 0 aliphatic carbocycles. The largest absolute Gasteiger partial charge is 0.345 e. The van der Waals surface area contributed by atoms with Crippen LogP contribution in [0.5, 0.6) is 0 Å². The molecule has 0 radical (unpaired) electrons. The first-order chi connectivity index (χ1) is 10.5. The molecular formula is C19H22FNO. The number of halogens is 1. The molecule has 1 atom stereocenters. The lowest BCUT2D eigenvalue weighted by Gasteiger charge is -2.23. The van der Waals surface area contributed by atoms with Crippen LogP contribution in [0.2, 0.25) is 0 Å². The van der Waals surface area contributed by atoms with Gasteiger partial charge in [-0.2, -0.15) is 0 Å². The minimum atomic E-state index is -0.341. The quantitative estimate of drug-likeness (QED) is 0.864. The Kier molecular flexibility index (Phi) is 5.31. The van der Waals surface area contributed by atoms with Gasteiger partial charge < -0.3 is 5.32 Å². The maximum atomic E-state index is 12.9. The van der Waals surface area contributed by atoms with Gasteiger partial charge in [0, 0.05) is 5.56 Å². The van der Waals surface area contributed by atoms with Crippen LogP contribution in [0, 0.1) is 11.7 Å². The fourth-order valence-electron chi connectivity index (χ4n) is 2.42. The number of hydrogen-bond acceptors (Lipinski definition) is 1. The van der Waals surface area contributed by atoms with Gasteiger partial charge in [-0.15, -0.1) is 0 Å². The average Bonchev–Trinajstić information content (AvgIpc) is 2.53. The van der Waals surface area contributed by atoms with Gasteiger partial charge in [-0.25, -0.2) is 4.39 Å². The van der Waals surface area contributed by atoms with Crippen LogP contribution in [0.25, 0.3) is 0 Å². The second kappa shape index (κ2) is 7.21. The lowest BCUT2D eigenvalue weighted by molar-refractivity contribution is 0.0925. The van der Waals surface area contributed by atoms with Crippen molar-refractivity contribution in [2.45, 2.75) is 33.2 Å². The maximum Gasteiger partial charge on any atom is 0.251 e. The van der Waals surface area contributed by atoms with Crippen LogP contribution in [0.4, 0.5) is 4.39 Å². The molecule has 0 saturated carbocycles. The molecule has 1 N–H and O–H groups in total. The third-order valence-corrected chi connectivity index (χ3v) is 3.81. The Morgan fingerprint density at radius 3 is 2.14 bits per heavy atom. The molecular weight excluding hydrogens is 277 g/mol. The van der Waals surface area contributed by atoms with E-state index in [0.717, 1.165) is 12.0 Å². The highest BCUT2D eigenvalue weighted by atomic mass is 19.1. The van der Waals surface area contributed by atoms with Gasteiger partial charge in [0.05, 0.1) is 6.04 Å². The van der Waals surface area contributed by atoms with Crippen molar-refractivity contribution >= 4 is 5.91 Å². The molecule has 0 heterocycles. The third kappa shape index (κ3) is 3.94. The summed E-state index contributed by atoms with van der Waals surface area (Å²) >= 11 is 0. The summed E-state index contributed by atoms with van der Waals surface area (Å²) in [6.07, 6.45) is 0.995. The van der Waals surface area contributed by atoms with Gasteiger partial charge in [0.25, 0.3) is 5.91 Å². The Balaban J connectivity index is 2.17. The molecule has 0 aliphatic rings. The van der Waals surface area contributed by atoms with Gasteiger partial charge in [0.15, 0.2) is 0 Å². The molecule has 2 aromatic carbocycles. The predicted molar refractivity (Wildman–Crippen MR) is 87.3 cm³/mol. The van der Waals surface area contributed by atoms with E-state index in [-0.39, 0.29) is 23.7 Å². The molecule has 2 aromatic rings. The minimum Gasteiger partial charge on any atom is -0.345 e. The number of rotatable bonds is 5. The van der Waals surface area contributed by atoms with Gasteiger partial charge in [0.1, 0.15) is 5.82 Å². The monoisotopic (exact) mass is 299 g/mol. The lowest BCUT2D eigenvalue weighted by Crippen LogP contribution is -2.31. The number of carbonyl (C=O) groups excluding carboxylic acids is 1. The van der Waals surface area contributed by atoms with Gasteiger partial charge >= 0.3 is 0 Å². The first kappa shape index (κ1) is 16.2. The van der Waals surface area contributed by atoms with Crippen LogP contribution < -0.4 is 5.32 Å². The molecule has 22 heavy (non-hydrogen) atoms. The Morgan fingerprint density at radius 2 is 1.64 bits per heavy atom. The first-order valence-electron chi connectivity index (χ1n) is 7.66. The molecule has 0 bridgehead atoms. The van der Waals surface area contributed by atoms with Crippen LogP contribution in [0.3, 0.4) is 0 Å². The van der Waals surface area contributed by atoms with Crippen molar-refractivity contribution in [2.24, 2.45) is 5.92 Å². The van der Waals surface area contributed by atoms with E-state index in [2.05, 4.69) is 50.4 Å². The topological polar surface area (TPSA) is 29.1 Å². The van der Waals surface area contributed by atoms with Gasteiger partial charge in [-0.05, 0) is 47.7 Å². The van der Waals surface area contributed by atoms with Crippen molar-refractivity contribution in [3.63, 3.8) is 0 Å². The summed E-state index contributed by atoms with van der Waals surface area (Å²) in [5.74, 6) is -0.262. The first-order valence-corrected chi connectivity index (χ1v) is 7.66. The fraction of sp³-hybridized carbons (Fsp3) is 0.316. The van der Waals surface area contributed by atoms with Crippen LogP contribution in [0.15, 0.2) is 48.5 Å². The van der Waals surface area contributed by atoms with E-state index in [1.54, 1.807) is 0 Å². The summed E-state index contributed by atoms with van der Waals surface area (Å²) in [6, 6.07) is 13.9. The molecule has 0 unspecified atom stereocenters. The normalized spacial score (nSPS) is 12.2. The number of nitrogens with one attached hydrogen (secondary N) is 1. The molecule has 3 heteroatoms. The van der Waals surface area contributed by atoms with Crippen molar-refractivity contribution in [2.75, 3.05) is 0 Å². The van der Waals surface area contributed by atoms with Crippen molar-refractivity contribution < 1.29 is 9.18 Å². The van der Waals surface area contributed by atoms with Crippen molar-refractivity contribution in [1.82, 2.24) is 5.32 Å². The zero-order valence-electron chi connectivity index (χ0n) is 13.3. The SMILES string of the molecule is CCc1ccc([C@@H](NC(=O)c2ccc(F)cc2)C(C)C)cc1. The maximum absolute atomic E-state index is 12.9. The zero-order valence-corrected chi connectivity index (χ0v) is 13.3.